The zero-order valence-electron chi connectivity index (χ0n) is 13.7. The van der Waals surface area contributed by atoms with Crippen molar-refractivity contribution in [3.05, 3.63) is 40.5 Å². The number of hydrogen-bond donors (Lipinski definition) is 2. The molecule has 1 amide bonds. The van der Waals surface area contributed by atoms with Gasteiger partial charge in [0, 0.05) is 6.54 Å². The molecule has 5 nitrogen and oxygen atoms in total. The SMILES string of the molecule is Cc1cc(C=CCNC(=O)OC(C)(C)C)cc(C)c1C(=O)O. The topological polar surface area (TPSA) is 75.6 Å². The highest BCUT2D eigenvalue weighted by atomic mass is 16.6. The van der Waals surface area contributed by atoms with Gasteiger partial charge in [0.2, 0.25) is 0 Å². The number of alkyl carbamates (subject to hydrolysis) is 1. The van der Waals surface area contributed by atoms with Crippen LogP contribution in [0.4, 0.5) is 4.79 Å². The Morgan fingerprint density at radius 2 is 1.77 bits per heavy atom. The fourth-order valence-electron chi connectivity index (χ4n) is 2.08. The van der Waals surface area contributed by atoms with Gasteiger partial charge >= 0.3 is 12.1 Å². The maximum absolute atomic E-state index is 11.5. The third kappa shape index (κ3) is 5.60. The number of carbonyl (C=O) groups is 2. The molecule has 1 aromatic rings. The lowest BCUT2D eigenvalue weighted by molar-refractivity contribution is 0.0533. The second-order valence-electron chi connectivity index (χ2n) is 6.12. The van der Waals surface area contributed by atoms with E-state index in [4.69, 9.17) is 9.84 Å². The molecule has 5 heteroatoms. The Kier molecular flexibility index (Phi) is 5.74. The maximum atomic E-state index is 11.5. The van der Waals surface area contributed by atoms with Crippen molar-refractivity contribution >= 4 is 18.1 Å². The largest absolute Gasteiger partial charge is 0.478 e. The van der Waals surface area contributed by atoms with Gasteiger partial charge in [-0.1, -0.05) is 24.3 Å². The molecular weight excluding hydrogens is 282 g/mol. The number of carboxylic acids is 1. The van der Waals surface area contributed by atoms with Gasteiger partial charge in [0.1, 0.15) is 5.60 Å². The van der Waals surface area contributed by atoms with E-state index < -0.39 is 17.7 Å². The van der Waals surface area contributed by atoms with E-state index in [1.165, 1.54) is 0 Å². The summed E-state index contributed by atoms with van der Waals surface area (Å²) in [6, 6.07) is 3.61. The Labute approximate surface area is 131 Å². The van der Waals surface area contributed by atoms with Gasteiger partial charge in [-0.3, -0.25) is 0 Å². The van der Waals surface area contributed by atoms with Crippen LogP contribution >= 0.6 is 0 Å². The molecule has 120 valence electrons. The summed E-state index contributed by atoms with van der Waals surface area (Å²) in [5.74, 6) is -0.919. The number of ether oxygens (including phenoxy) is 1. The molecular formula is C17H23NO4. The summed E-state index contributed by atoms with van der Waals surface area (Å²) in [5.41, 5.74) is 2.14. The number of aryl methyl sites for hydroxylation is 2. The van der Waals surface area contributed by atoms with Crippen LogP contribution in [0.5, 0.6) is 0 Å². The molecule has 0 unspecified atom stereocenters. The minimum Gasteiger partial charge on any atom is -0.478 e. The number of nitrogens with one attached hydrogen (secondary N) is 1. The van der Waals surface area contributed by atoms with E-state index >= 15 is 0 Å². The molecule has 0 saturated heterocycles. The van der Waals surface area contributed by atoms with Crippen molar-refractivity contribution in [3.63, 3.8) is 0 Å². The Balaban J connectivity index is 2.65. The van der Waals surface area contributed by atoms with Crippen molar-refractivity contribution in [1.29, 1.82) is 0 Å². The highest BCUT2D eigenvalue weighted by molar-refractivity contribution is 5.91. The van der Waals surface area contributed by atoms with Crippen LogP contribution in [-0.4, -0.2) is 29.3 Å². The second-order valence-corrected chi connectivity index (χ2v) is 6.12. The minimum atomic E-state index is -0.919. The lowest BCUT2D eigenvalue weighted by Crippen LogP contribution is -2.32. The number of rotatable bonds is 4. The van der Waals surface area contributed by atoms with E-state index in [2.05, 4.69) is 5.32 Å². The van der Waals surface area contributed by atoms with Gasteiger partial charge in [0.25, 0.3) is 0 Å². The van der Waals surface area contributed by atoms with Crippen molar-refractivity contribution in [1.82, 2.24) is 5.32 Å². The van der Waals surface area contributed by atoms with E-state index in [1.807, 2.05) is 6.08 Å². The van der Waals surface area contributed by atoms with Crippen molar-refractivity contribution in [2.75, 3.05) is 6.54 Å². The third-order valence-corrected chi connectivity index (χ3v) is 2.84. The molecule has 0 heterocycles. The van der Waals surface area contributed by atoms with Crippen molar-refractivity contribution in [3.8, 4) is 0 Å². The summed E-state index contributed by atoms with van der Waals surface area (Å²) < 4.78 is 5.12. The van der Waals surface area contributed by atoms with Gasteiger partial charge < -0.3 is 15.2 Å². The van der Waals surface area contributed by atoms with Crippen molar-refractivity contribution < 1.29 is 19.4 Å². The summed E-state index contributed by atoms with van der Waals surface area (Å²) in [6.07, 6.45) is 3.16. The zero-order valence-corrected chi connectivity index (χ0v) is 13.7. The van der Waals surface area contributed by atoms with Crippen LogP contribution in [0.1, 0.15) is 47.8 Å². The fourth-order valence-corrected chi connectivity index (χ4v) is 2.08. The molecule has 1 rings (SSSR count). The van der Waals surface area contributed by atoms with Gasteiger partial charge in [0.05, 0.1) is 5.56 Å². The Bertz CT molecular complexity index is 574. The molecule has 22 heavy (non-hydrogen) atoms. The molecule has 0 fully saturated rings. The first-order valence-corrected chi connectivity index (χ1v) is 7.08. The van der Waals surface area contributed by atoms with E-state index in [1.54, 1.807) is 52.8 Å². The fraction of sp³-hybridized carbons (Fsp3) is 0.412. The highest BCUT2D eigenvalue weighted by Gasteiger charge is 2.15. The van der Waals surface area contributed by atoms with Gasteiger partial charge in [-0.25, -0.2) is 9.59 Å². The predicted molar refractivity (Wildman–Crippen MR) is 86.1 cm³/mol. The molecule has 0 aliphatic rings. The van der Waals surface area contributed by atoms with Crippen molar-refractivity contribution in [2.24, 2.45) is 0 Å². The number of aromatic carboxylic acids is 1. The first-order chi connectivity index (χ1) is 10.1. The molecule has 0 aliphatic heterocycles. The molecule has 0 spiro atoms. The van der Waals surface area contributed by atoms with E-state index in [0.717, 1.165) is 5.56 Å². The first kappa shape index (κ1) is 17.8. The van der Waals surface area contributed by atoms with Gasteiger partial charge in [-0.2, -0.15) is 0 Å². The highest BCUT2D eigenvalue weighted by Crippen LogP contribution is 2.17. The molecule has 0 aliphatic carbocycles. The predicted octanol–water partition coefficient (Wildman–Crippen LogP) is 3.54. The zero-order chi connectivity index (χ0) is 16.9. The maximum Gasteiger partial charge on any atom is 0.407 e. The lowest BCUT2D eigenvalue weighted by atomic mass is 9.99. The Morgan fingerprint density at radius 3 is 2.23 bits per heavy atom. The monoisotopic (exact) mass is 305 g/mol. The smallest absolute Gasteiger partial charge is 0.407 e. The average Bonchev–Trinajstić information content (AvgIpc) is 2.31. The summed E-state index contributed by atoms with van der Waals surface area (Å²) in [5, 5.41) is 11.8. The number of amides is 1. The summed E-state index contributed by atoms with van der Waals surface area (Å²) in [7, 11) is 0. The van der Waals surface area contributed by atoms with Crippen LogP contribution in [0.15, 0.2) is 18.2 Å². The minimum absolute atomic E-state index is 0.337. The average molecular weight is 305 g/mol. The van der Waals surface area contributed by atoms with Crippen LogP contribution in [0, 0.1) is 13.8 Å². The molecule has 0 bridgehead atoms. The first-order valence-electron chi connectivity index (χ1n) is 7.08. The number of carbonyl (C=O) groups excluding carboxylic acids is 1. The van der Waals surface area contributed by atoms with Gasteiger partial charge in [-0.15, -0.1) is 0 Å². The Morgan fingerprint density at radius 1 is 1.23 bits per heavy atom. The van der Waals surface area contributed by atoms with Crippen LogP contribution in [0.3, 0.4) is 0 Å². The lowest BCUT2D eigenvalue weighted by Gasteiger charge is -2.19. The molecule has 2 N–H and O–H groups in total. The van der Waals surface area contributed by atoms with Crippen LogP contribution in [0.2, 0.25) is 0 Å². The molecule has 0 radical (unpaired) electrons. The second kappa shape index (κ2) is 7.11. The van der Waals surface area contributed by atoms with E-state index in [9.17, 15) is 9.59 Å². The van der Waals surface area contributed by atoms with Crippen LogP contribution in [-0.2, 0) is 4.74 Å². The number of hydrogen-bond acceptors (Lipinski definition) is 3. The molecule has 0 aromatic heterocycles. The summed E-state index contributed by atoms with van der Waals surface area (Å²) in [6.45, 7) is 9.29. The normalized spacial score (nSPS) is 11.5. The standard InChI is InChI=1S/C17H23NO4/c1-11-9-13(10-12(2)14(11)15(19)20)7-6-8-18-16(21)22-17(3,4)5/h6-7,9-10H,8H2,1-5H3,(H,18,21)(H,19,20). The van der Waals surface area contributed by atoms with Crippen LogP contribution < -0.4 is 5.32 Å². The third-order valence-electron chi connectivity index (χ3n) is 2.84. The number of benzene rings is 1. The van der Waals surface area contributed by atoms with Gasteiger partial charge in [0.15, 0.2) is 0 Å². The van der Waals surface area contributed by atoms with Gasteiger partial charge in [-0.05, 0) is 51.3 Å². The number of carboxylic acid groups (broad SMARTS) is 1. The van der Waals surface area contributed by atoms with Crippen LogP contribution in [0.25, 0.3) is 6.08 Å². The van der Waals surface area contributed by atoms with E-state index in [0.29, 0.717) is 23.2 Å². The molecule has 0 atom stereocenters. The quantitative estimate of drug-likeness (QED) is 0.892. The summed E-state index contributed by atoms with van der Waals surface area (Å²) >= 11 is 0. The molecule has 1 aromatic carbocycles. The Hall–Kier alpha value is -2.30. The molecule has 0 saturated carbocycles. The summed E-state index contributed by atoms with van der Waals surface area (Å²) in [4.78, 5) is 22.6. The van der Waals surface area contributed by atoms with E-state index in [-0.39, 0.29) is 0 Å². The van der Waals surface area contributed by atoms with Crippen molar-refractivity contribution in [2.45, 2.75) is 40.2 Å².